The highest BCUT2D eigenvalue weighted by molar-refractivity contribution is 5.95. The molecule has 0 saturated heterocycles. The summed E-state index contributed by atoms with van der Waals surface area (Å²) < 4.78 is 13.1. The summed E-state index contributed by atoms with van der Waals surface area (Å²) in [6.07, 6.45) is 1.71. The first-order valence-corrected chi connectivity index (χ1v) is 3.90. The summed E-state index contributed by atoms with van der Waals surface area (Å²) in [5, 5.41) is 8.69. The van der Waals surface area contributed by atoms with Crippen LogP contribution in [0.15, 0.2) is 23.8 Å². The summed E-state index contributed by atoms with van der Waals surface area (Å²) in [6.45, 7) is 0. The molecule has 0 unspecified atom stereocenters. The maximum Gasteiger partial charge on any atom is 0.331 e. The molecular weight excluding hydrogens is 171 g/mol. The van der Waals surface area contributed by atoms with E-state index in [4.69, 9.17) is 5.11 Å². The van der Waals surface area contributed by atoms with Crippen molar-refractivity contribution in [1.29, 1.82) is 0 Å². The van der Waals surface area contributed by atoms with Gasteiger partial charge in [0, 0.05) is 12.0 Å². The molecule has 0 fully saturated rings. The molecule has 1 N–H and O–H groups in total. The van der Waals surface area contributed by atoms with Gasteiger partial charge in [0.05, 0.1) is 0 Å². The molecule has 0 amide bonds. The Hall–Kier alpha value is -1.64. The van der Waals surface area contributed by atoms with Crippen LogP contribution in [0.4, 0.5) is 4.39 Å². The average Bonchev–Trinajstić information content (AvgIpc) is 2.49. The number of carboxylic acids is 1. The topological polar surface area (TPSA) is 37.3 Å². The minimum absolute atomic E-state index is 0.192. The van der Waals surface area contributed by atoms with Gasteiger partial charge in [0.15, 0.2) is 0 Å². The molecule has 2 rings (SSSR count). The van der Waals surface area contributed by atoms with Crippen LogP contribution in [0.2, 0.25) is 0 Å². The summed E-state index contributed by atoms with van der Waals surface area (Å²) in [4.78, 5) is 10.6. The van der Waals surface area contributed by atoms with Gasteiger partial charge in [0.2, 0.25) is 0 Å². The number of fused-ring (bicyclic) bond motifs is 1. The van der Waals surface area contributed by atoms with Crippen molar-refractivity contribution in [1.82, 2.24) is 0 Å². The third-order valence-electron chi connectivity index (χ3n) is 2.13. The molecule has 0 heterocycles. The van der Waals surface area contributed by atoms with Crippen molar-refractivity contribution in [3.05, 3.63) is 40.7 Å². The van der Waals surface area contributed by atoms with E-state index in [1.54, 1.807) is 12.1 Å². The largest absolute Gasteiger partial charge is 0.478 e. The van der Waals surface area contributed by atoms with Crippen LogP contribution in [-0.2, 0) is 11.2 Å². The van der Waals surface area contributed by atoms with Crippen LogP contribution in [0, 0.1) is 5.82 Å². The molecule has 0 saturated carbocycles. The van der Waals surface area contributed by atoms with Crippen molar-refractivity contribution in [2.75, 3.05) is 0 Å². The van der Waals surface area contributed by atoms with Crippen LogP contribution >= 0.6 is 0 Å². The Labute approximate surface area is 74.3 Å². The van der Waals surface area contributed by atoms with Gasteiger partial charge in [0.25, 0.3) is 0 Å². The van der Waals surface area contributed by atoms with Gasteiger partial charge in [-0.05, 0) is 23.3 Å². The number of halogens is 1. The average molecular weight is 178 g/mol. The maximum atomic E-state index is 13.1. The Morgan fingerprint density at radius 3 is 2.85 bits per heavy atom. The van der Waals surface area contributed by atoms with Crippen molar-refractivity contribution >= 4 is 12.0 Å². The van der Waals surface area contributed by atoms with Crippen molar-refractivity contribution in [2.45, 2.75) is 6.42 Å². The first kappa shape index (κ1) is 7.98. The van der Waals surface area contributed by atoms with Crippen molar-refractivity contribution in [2.24, 2.45) is 0 Å². The fourth-order valence-electron chi connectivity index (χ4n) is 1.46. The molecule has 13 heavy (non-hydrogen) atoms. The molecule has 1 aromatic carbocycles. The first-order chi connectivity index (χ1) is 6.18. The van der Waals surface area contributed by atoms with Crippen LogP contribution in [0.25, 0.3) is 6.08 Å². The van der Waals surface area contributed by atoms with Crippen molar-refractivity contribution < 1.29 is 14.3 Å². The van der Waals surface area contributed by atoms with Gasteiger partial charge in [-0.1, -0.05) is 12.1 Å². The molecule has 3 heteroatoms. The summed E-state index contributed by atoms with van der Waals surface area (Å²) in [7, 11) is 0. The van der Waals surface area contributed by atoms with E-state index in [-0.39, 0.29) is 17.8 Å². The summed E-state index contributed by atoms with van der Waals surface area (Å²) in [5.74, 6) is -1.30. The van der Waals surface area contributed by atoms with E-state index in [0.717, 1.165) is 0 Å². The molecule has 0 spiro atoms. The molecule has 0 radical (unpaired) electrons. The van der Waals surface area contributed by atoms with Gasteiger partial charge in [0.1, 0.15) is 5.82 Å². The highest BCUT2D eigenvalue weighted by Gasteiger charge is 2.20. The molecule has 1 aromatic rings. The molecule has 1 aliphatic carbocycles. The van der Waals surface area contributed by atoms with E-state index in [1.807, 2.05) is 0 Å². The van der Waals surface area contributed by atoms with Gasteiger partial charge in [-0.25, -0.2) is 9.18 Å². The Morgan fingerprint density at radius 2 is 2.23 bits per heavy atom. The fourth-order valence-corrected chi connectivity index (χ4v) is 1.46. The van der Waals surface area contributed by atoms with E-state index in [1.165, 1.54) is 12.1 Å². The van der Waals surface area contributed by atoms with Crippen LogP contribution in [0.1, 0.15) is 11.1 Å². The standard InChI is InChI=1S/C10H7FO2/c11-9-3-1-2-6-4-7(10(12)13)5-8(6)9/h1-4H,5H2,(H,12,13). The minimum Gasteiger partial charge on any atom is -0.478 e. The van der Waals surface area contributed by atoms with Gasteiger partial charge >= 0.3 is 5.97 Å². The van der Waals surface area contributed by atoms with E-state index < -0.39 is 5.97 Å². The van der Waals surface area contributed by atoms with E-state index in [9.17, 15) is 9.18 Å². The summed E-state index contributed by atoms with van der Waals surface area (Å²) >= 11 is 0. The van der Waals surface area contributed by atoms with E-state index in [0.29, 0.717) is 11.1 Å². The molecule has 0 aliphatic heterocycles. The normalized spacial score (nSPS) is 13.8. The summed E-state index contributed by atoms with van der Waals surface area (Å²) in [6, 6.07) is 4.64. The predicted molar refractivity (Wildman–Crippen MR) is 45.7 cm³/mol. The second-order valence-electron chi connectivity index (χ2n) is 2.96. The van der Waals surface area contributed by atoms with Crippen molar-refractivity contribution in [3.8, 4) is 0 Å². The van der Waals surface area contributed by atoms with Gasteiger partial charge in [-0.15, -0.1) is 0 Å². The Balaban J connectivity index is 2.46. The first-order valence-electron chi connectivity index (χ1n) is 3.90. The van der Waals surface area contributed by atoms with Crippen LogP contribution < -0.4 is 0 Å². The van der Waals surface area contributed by atoms with Crippen LogP contribution in [-0.4, -0.2) is 11.1 Å². The number of aliphatic carboxylic acids is 1. The second kappa shape index (κ2) is 2.69. The maximum absolute atomic E-state index is 13.1. The molecule has 66 valence electrons. The lowest BCUT2D eigenvalue weighted by Crippen LogP contribution is -2.00. The minimum atomic E-state index is -0.976. The zero-order chi connectivity index (χ0) is 9.42. The van der Waals surface area contributed by atoms with E-state index in [2.05, 4.69) is 0 Å². The Kier molecular flexibility index (Phi) is 1.65. The lowest BCUT2D eigenvalue weighted by atomic mass is 10.1. The highest BCUT2D eigenvalue weighted by atomic mass is 19.1. The van der Waals surface area contributed by atoms with Gasteiger partial charge < -0.3 is 5.11 Å². The SMILES string of the molecule is O=C(O)C1=Cc2cccc(F)c2C1. The van der Waals surface area contributed by atoms with Gasteiger partial charge in [-0.2, -0.15) is 0 Å². The lowest BCUT2D eigenvalue weighted by Gasteiger charge is -1.98. The number of benzene rings is 1. The zero-order valence-corrected chi connectivity index (χ0v) is 6.75. The Morgan fingerprint density at radius 1 is 1.46 bits per heavy atom. The second-order valence-corrected chi connectivity index (χ2v) is 2.96. The quantitative estimate of drug-likeness (QED) is 0.712. The molecule has 0 atom stereocenters. The summed E-state index contributed by atoms with van der Waals surface area (Å²) in [5.41, 5.74) is 1.41. The van der Waals surface area contributed by atoms with Crippen molar-refractivity contribution in [3.63, 3.8) is 0 Å². The fraction of sp³-hybridized carbons (Fsp3) is 0.100. The smallest absolute Gasteiger partial charge is 0.331 e. The van der Waals surface area contributed by atoms with Gasteiger partial charge in [-0.3, -0.25) is 0 Å². The molecule has 1 aliphatic rings. The zero-order valence-electron chi connectivity index (χ0n) is 6.75. The van der Waals surface area contributed by atoms with Crippen LogP contribution in [0.5, 0.6) is 0 Å². The molecule has 0 bridgehead atoms. The highest BCUT2D eigenvalue weighted by Crippen LogP contribution is 2.26. The number of rotatable bonds is 1. The van der Waals surface area contributed by atoms with Crippen LogP contribution in [0.3, 0.4) is 0 Å². The third kappa shape index (κ3) is 1.22. The number of hydrogen-bond acceptors (Lipinski definition) is 1. The molecular formula is C10H7FO2. The lowest BCUT2D eigenvalue weighted by molar-refractivity contribution is -0.132. The molecule has 2 nitrogen and oxygen atoms in total. The third-order valence-corrected chi connectivity index (χ3v) is 2.13. The monoisotopic (exact) mass is 178 g/mol. The van der Waals surface area contributed by atoms with E-state index >= 15 is 0 Å². The Bertz CT molecular complexity index is 407. The number of hydrogen-bond donors (Lipinski definition) is 1. The molecule has 0 aromatic heterocycles. The number of carbonyl (C=O) groups is 1. The predicted octanol–water partition coefficient (Wildman–Crippen LogP) is 1.85. The number of carboxylic acid groups (broad SMARTS) is 1.